The SMILES string of the molecule is C=CC1C[C@@]1(NC(=O)[C@@H]1C[C@@H](Oc2ccnc3cc(OC)ccc23)CN1C(=O)[C@@H](NC(=O)OC(C)(C)C)C(C)(C)C)C(=O)O. The molecule has 12 nitrogen and oxygen atoms in total. The van der Waals surface area contributed by atoms with E-state index in [1.165, 1.54) is 11.0 Å². The van der Waals surface area contributed by atoms with Crippen LogP contribution in [-0.4, -0.2) is 81.8 Å². The Labute approximate surface area is 257 Å². The maximum atomic E-state index is 14.2. The Bertz CT molecular complexity index is 1460. The quantitative estimate of drug-likeness (QED) is 0.361. The molecule has 1 aliphatic carbocycles. The summed E-state index contributed by atoms with van der Waals surface area (Å²) in [6.45, 7) is 14.2. The molecule has 0 bridgehead atoms. The van der Waals surface area contributed by atoms with Gasteiger partial charge in [-0.3, -0.25) is 14.6 Å². The highest BCUT2D eigenvalue weighted by Gasteiger charge is 2.61. The minimum atomic E-state index is -1.48. The fourth-order valence-corrected chi connectivity index (χ4v) is 5.44. The molecule has 12 heteroatoms. The molecule has 1 saturated carbocycles. The molecule has 5 atom stereocenters. The number of fused-ring (bicyclic) bond motifs is 1. The van der Waals surface area contributed by atoms with Gasteiger partial charge in [-0.25, -0.2) is 9.59 Å². The molecular formula is C32H42N4O8. The first-order chi connectivity index (χ1) is 20.5. The number of alkyl carbamates (subject to hydrolysis) is 1. The van der Waals surface area contributed by atoms with Gasteiger partial charge in [0.05, 0.1) is 19.2 Å². The Kier molecular flexibility index (Phi) is 8.86. The van der Waals surface area contributed by atoms with E-state index in [1.807, 2.05) is 6.07 Å². The largest absolute Gasteiger partial charge is 0.497 e. The third kappa shape index (κ3) is 6.89. The summed E-state index contributed by atoms with van der Waals surface area (Å²) in [6, 6.07) is 4.96. The van der Waals surface area contributed by atoms with Crippen LogP contribution in [0.25, 0.3) is 10.9 Å². The molecule has 0 radical (unpaired) electrons. The number of carboxylic acids is 1. The number of hydrogen-bond donors (Lipinski definition) is 3. The molecule has 2 aliphatic rings. The minimum Gasteiger partial charge on any atom is -0.497 e. The Morgan fingerprint density at radius 2 is 1.86 bits per heavy atom. The summed E-state index contributed by atoms with van der Waals surface area (Å²) in [5.41, 5.74) is -2.39. The number of hydrogen-bond acceptors (Lipinski definition) is 8. The Balaban J connectivity index is 1.65. The molecule has 3 amide bonds. The number of likely N-dealkylation sites (tertiary alicyclic amines) is 1. The number of rotatable bonds is 9. The van der Waals surface area contributed by atoms with Crippen LogP contribution in [0.3, 0.4) is 0 Å². The third-order valence-electron chi connectivity index (χ3n) is 7.85. The lowest BCUT2D eigenvalue weighted by atomic mass is 9.85. The van der Waals surface area contributed by atoms with Gasteiger partial charge in [-0.1, -0.05) is 26.8 Å². The van der Waals surface area contributed by atoms with Gasteiger partial charge in [-0.05, 0) is 50.8 Å². The lowest BCUT2D eigenvalue weighted by Crippen LogP contribution is -2.59. The number of nitrogens with one attached hydrogen (secondary N) is 2. The second-order valence-electron chi connectivity index (χ2n) is 13.4. The molecule has 2 heterocycles. The van der Waals surface area contributed by atoms with E-state index >= 15 is 0 Å². The molecule has 3 N–H and O–H groups in total. The van der Waals surface area contributed by atoms with E-state index in [4.69, 9.17) is 14.2 Å². The topological polar surface area (TPSA) is 156 Å². The van der Waals surface area contributed by atoms with E-state index in [0.717, 1.165) is 5.39 Å². The van der Waals surface area contributed by atoms with E-state index in [9.17, 15) is 24.3 Å². The Hall–Kier alpha value is -4.35. The zero-order valence-corrected chi connectivity index (χ0v) is 26.3. The molecule has 1 saturated heterocycles. The zero-order valence-electron chi connectivity index (χ0n) is 26.3. The molecule has 44 heavy (non-hydrogen) atoms. The summed E-state index contributed by atoms with van der Waals surface area (Å²) >= 11 is 0. The number of amides is 3. The fraction of sp³-hybridized carbons (Fsp3) is 0.531. The summed E-state index contributed by atoms with van der Waals surface area (Å²) in [4.78, 5) is 58.6. The van der Waals surface area contributed by atoms with Crippen LogP contribution in [-0.2, 0) is 19.1 Å². The molecule has 1 aliphatic heterocycles. The van der Waals surface area contributed by atoms with Crippen molar-refractivity contribution in [2.75, 3.05) is 13.7 Å². The number of nitrogens with zero attached hydrogens (tertiary/aromatic N) is 2. The first-order valence-electron chi connectivity index (χ1n) is 14.6. The maximum Gasteiger partial charge on any atom is 0.408 e. The van der Waals surface area contributed by atoms with E-state index < -0.39 is 64.5 Å². The van der Waals surface area contributed by atoms with Gasteiger partial charge in [0.25, 0.3) is 0 Å². The predicted molar refractivity (Wildman–Crippen MR) is 162 cm³/mol. The number of benzene rings is 1. The summed E-state index contributed by atoms with van der Waals surface area (Å²) in [5, 5.41) is 16.0. The summed E-state index contributed by atoms with van der Waals surface area (Å²) in [7, 11) is 1.56. The number of aromatic nitrogens is 1. The molecule has 0 spiro atoms. The molecule has 1 unspecified atom stereocenters. The normalized spacial score (nSPS) is 23.8. The summed E-state index contributed by atoms with van der Waals surface area (Å²) in [5.74, 6) is -1.60. The highest BCUT2D eigenvalue weighted by Crippen LogP contribution is 2.45. The second kappa shape index (κ2) is 12.0. The molecule has 2 aromatic rings. The summed E-state index contributed by atoms with van der Waals surface area (Å²) < 4.78 is 17.1. The molecule has 1 aromatic heterocycles. The number of pyridine rings is 1. The number of methoxy groups -OCH3 is 1. The number of carbonyl (C=O) groups is 4. The minimum absolute atomic E-state index is 0.0183. The maximum absolute atomic E-state index is 14.2. The third-order valence-corrected chi connectivity index (χ3v) is 7.85. The van der Waals surface area contributed by atoms with Crippen molar-refractivity contribution in [3.8, 4) is 11.5 Å². The molecule has 238 valence electrons. The van der Waals surface area contributed by atoms with Gasteiger partial charge >= 0.3 is 12.1 Å². The molecule has 2 fully saturated rings. The smallest absolute Gasteiger partial charge is 0.408 e. The summed E-state index contributed by atoms with van der Waals surface area (Å²) in [6.07, 6.45) is 2.00. The van der Waals surface area contributed by atoms with Gasteiger partial charge in [0.15, 0.2) is 0 Å². The van der Waals surface area contributed by atoms with Crippen molar-refractivity contribution in [2.24, 2.45) is 11.3 Å². The van der Waals surface area contributed by atoms with Gasteiger partial charge in [0.1, 0.15) is 40.8 Å². The molecular weight excluding hydrogens is 568 g/mol. The number of aliphatic carboxylic acids is 1. The molecule has 1 aromatic carbocycles. The van der Waals surface area contributed by atoms with Gasteiger partial charge in [-0.15, -0.1) is 6.58 Å². The van der Waals surface area contributed by atoms with Crippen molar-refractivity contribution in [3.63, 3.8) is 0 Å². The van der Waals surface area contributed by atoms with Crippen molar-refractivity contribution in [2.45, 2.75) is 83.7 Å². The Morgan fingerprint density at radius 3 is 2.43 bits per heavy atom. The van der Waals surface area contributed by atoms with Crippen molar-refractivity contribution < 1.29 is 38.5 Å². The number of carbonyl (C=O) groups excluding carboxylic acids is 3. The first kappa shape index (κ1) is 32.6. The van der Waals surface area contributed by atoms with E-state index in [0.29, 0.717) is 17.0 Å². The lowest BCUT2D eigenvalue weighted by Gasteiger charge is -2.35. The van der Waals surface area contributed by atoms with Crippen LogP contribution in [0.2, 0.25) is 0 Å². The standard InChI is InChI=1S/C32H42N4O8/c1-9-18-16-32(18,28(39)40)35-26(37)23-15-20(43-24-12-13-33-22-14-19(42-8)10-11-21(22)24)17-36(23)27(38)25(30(2,3)4)34-29(41)44-31(5,6)7/h9-14,18,20,23,25H,1,15-17H2,2-8H3,(H,34,41)(H,35,37)(H,39,40)/t18?,20-,23+,25-,32+/m1/s1. The van der Waals surface area contributed by atoms with Crippen LogP contribution in [0.5, 0.6) is 11.5 Å². The van der Waals surface area contributed by atoms with E-state index in [2.05, 4.69) is 22.2 Å². The fourth-order valence-electron chi connectivity index (χ4n) is 5.44. The first-order valence-corrected chi connectivity index (χ1v) is 14.6. The van der Waals surface area contributed by atoms with Gasteiger partial charge < -0.3 is 34.9 Å². The van der Waals surface area contributed by atoms with Gasteiger partial charge in [-0.2, -0.15) is 0 Å². The van der Waals surface area contributed by atoms with E-state index in [1.54, 1.807) is 73.0 Å². The van der Waals surface area contributed by atoms with Crippen molar-refractivity contribution in [1.29, 1.82) is 0 Å². The van der Waals surface area contributed by atoms with Crippen molar-refractivity contribution in [1.82, 2.24) is 20.5 Å². The highest BCUT2D eigenvalue weighted by atomic mass is 16.6. The average molecular weight is 611 g/mol. The van der Waals surface area contributed by atoms with Crippen LogP contribution in [0.15, 0.2) is 43.1 Å². The number of carboxylic acid groups (broad SMARTS) is 1. The monoisotopic (exact) mass is 610 g/mol. The van der Waals surface area contributed by atoms with Gasteiger partial charge in [0.2, 0.25) is 11.8 Å². The van der Waals surface area contributed by atoms with Crippen LogP contribution in [0.4, 0.5) is 4.79 Å². The van der Waals surface area contributed by atoms with Crippen LogP contribution >= 0.6 is 0 Å². The van der Waals surface area contributed by atoms with Crippen LogP contribution in [0, 0.1) is 11.3 Å². The number of ether oxygens (including phenoxy) is 3. The zero-order chi connectivity index (χ0) is 32.6. The van der Waals surface area contributed by atoms with Crippen LogP contribution in [0.1, 0.15) is 54.4 Å². The second-order valence-corrected chi connectivity index (χ2v) is 13.4. The van der Waals surface area contributed by atoms with Crippen molar-refractivity contribution >= 4 is 34.8 Å². The van der Waals surface area contributed by atoms with Gasteiger partial charge in [0, 0.05) is 30.0 Å². The lowest BCUT2D eigenvalue weighted by molar-refractivity contribution is -0.146. The van der Waals surface area contributed by atoms with Crippen LogP contribution < -0.4 is 20.1 Å². The molecule has 4 rings (SSSR count). The highest BCUT2D eigenvalue weighted by molar-refractivity contribution is 5.96. The van der Waals surface area contributed by atoms with E-state index in [-0.39, 0.29) is 19.4 Å². The predicted octanol–water partition coefficient (Wildman–Crippen LogP) is 3.68. The Morgan fingerprint density at radius 1 is 1.16 bits per heavy atom. The van der Waals surface area contributed by atoms with Crippen molar-refractivity contribution in [3.05, 3.63) is 43.1 Å². The average Bonchev–Trinajstić information content (AvgIpc) is 3.49.